The van der Waals surface area contributed by atoms with E-state index in [1.807, 2.05) is 72.8 Å². The molecule has 4 fully saturated rings. The Morgan fingerprint density at radius 2 is 1.09 bits per heavy atom. The first kappa shape index (κ1) is 44.9. The number of carbonyl (C=O) groups excluding carboxylic acids is 2. The average molecular weight is 929 g/mol. The number of hydrogen-bond donors (Lipinski definition) is 2. The molecule has 346 valence electrons. The van der Waals surface area contributed by atoms with Gasteiger partial charge in [-0.05, 0) is 112 Å². The van der Waals surface area contributed by atoms with Crippen LogP contribution >= 0.6 is 22.7 Å². The van der Waals surface area contributed by atoms with Crippen molar-refractivity contribution in [3.05, 3.63) is 118 Å². The second-order valence-electron chi connectivity index (χ2n) is 18.7. The lowest BCUT2D eigenvalue weighted by Gasteiger charge is -2.48. The highest BCUT2D eigenvalue weighted by molar-refractivity contribution is 7.18. The zero-order valence-corrected chi connectivity index (χ0v) is 39.5. The fourth-order valence-corrected chi connectivity index (χ4v) is 12.9. The van der Waals surface area contributed by atoms with Gasteiger partial charge in [-0.3, -0.25) is 9.80 Å². The van der Waals surface area contributed by atoms with E-state index in [-0.39, 0.29) is 24.2 Å². The molecule has 0 aliphatic carbocycles. The van der Waals surface area contributed by atoms with Crippen LogP contribution in [0.25, 0.3) is 20.4 Å². The first-order valence-electron chi connectivity index (χ1n) is 23.7. The summed E-state index contributed by atoms with van der Waals surface area (Å²) >= 11 is 3.39. The van der Waals surface area contributed by atoms with Gasteiger partial charge >= 0.3 is 11.9 Å². The topological polar surface area (TPSA) is 127 Å². The maximum absolute atomic E-state index is 14.4. The fourth-order valence-electron chi connectivity index (χ4n) is 11.1. The van der Waals surface area contributed by atoms with E-state index < -0.39 is 23.4 Å². The number of nitrogens with one attached hydrogen (secondary N) is 2. The lowest BCUT2D eigenvalue weighted by molar-refractivity contribution is -0.216. The Morgan fingerprint density at radius 3 is 1.53 bits per heavy atom. The van der Waals surface area contributed by atoms with Gasteiger partial charge in [0.2, 0.25) is 0 Å². The monoisotopic (exact) mass is 928 g/mol. The zero-order valence-electron chi connectivity index (χ0n) is 37.9. The van der Waals surface area contributed by atoms with Crippen molar-refractivity contribution in [2.75, 3.05) is 26.3 Å². The highest BCUT2D eigenvalue weighted by atomic mass is 32.1. The van der Waals surface area contributed by atoms with Gasteiger partial charge < -0.3 is 29.6 Å². The van der Waals surface area contributed by atoms with Crippen molar-refractivity contribution in [1.29, 1.82) is 0 Å². The number of aryl methyl sites for hydroxylation is 2. The van der Waals surface area contributed by atoms with Gasteiger partial charge in [0.25, 0.3) is 0 Å². The number of rotatable bonds is 18. The van der Waals surface area contributed by atoms with Gasteiger partial charge in [0, 0.05) is 76.0 Å². The maximum atomic E-state index is 14.4. The summed E-state index contributed by atoms with van der Waals surface area (Å²) in [5.41, 5.74) is 2.39. The number of nitrogens with zero attached hydrogens (tertiary/aromatic N) is 4. The van der Waals surface area contributed by atoms with Gasteiger partial charge in [-0.1, -0.05) is 48.5 Å². The summed E-state index contributed by atoms with van der Waals surface area (Å²) in [6.07, 6.45) is 7.46. The second-order valence-corrected chi connectivity index (χ2v) is 20.9. The van der Waals surface area contributed by atoms with Crippen LogP contribution in [-0.4, -0.2) is 93.6 Å². The summed E-state index contributed by atoms with van der Waals surface area (Å²) in [5.74, 6) is -0.155. The molecule has 0 saturated carbocycles. The van der Waals surface area contributed by atoms with E-state index >= 15 is 0 Å². The van der Waals surface area contributed by atoms with Gasteiger partial charge in [-0.25, -0.2) is 19.6 Å². The third-order valence-corrected chi connectivity index (χ3v) is 16.1. The lowest BCUT2D eigenvalue weighted by Crippen LogP contribution is -2.61. The third kappa shape index (κ3) is 10.00. The Labute approximate surface area is 395 Å². The molecule has 14 heteroatoms. The summed E-state index contributed by atoms with van der Waals surface area (Å²) in [5, 5.41) is 9.58. The molecule has 6 unspecified atom stereocenters. The predicted octanol–water partition coefficient (Wildman–Crippen LogP) is 9.07. The van der Waals surface area contributed by atoms with Crippen LogP contribution in [0.1, 0.15) is 85.4 Å². The van der Waals surface area contributed by atoms with Crippen molar-refractivity contribution < 1.29 is 28.5 Å². The molecular weight excluding hydrogens is 869 g/mol. The number of para-hydroxylation sites is 2. The van der Waals surface area contributed by atoms with Crippen LogP contribution in [0.4, 0.5) is 0 Å². The Morgan fingerprint density at radius 1 is 0.636 bits per heavy atom. The van der Waals surface area contributed by atoms with E-state index in [0.29, 0.717) is 65.1 Å². The second kappa shape index (κ2) is 19.7. The molecule has 0 amide bonds. The minimum absolute atomic E-state index is 0.0698. The minimum Gasteiger partial charge on any atom is -0.494 e. The number of piperidine rings is 2. The van der Waals surface area contributed by atoms with Crippen LogP contribution in [-0.2, 0) is 32.2 Å². The van der Waals surface area contributed by atoms with Gasteiger partial charge in [-0.15, -0.1) is 22.7 Å². The predicted molar refractivity (Wildman–Crippen MR) is 259 cm³/mol. The summed E-state index contributed by atoms with van der Waals surface area (Å²) in [7, 11) is 0. The molecular formula is C52H60N6O6S2. The molecule has 4 aromatic carbocycles. The van der Waals surface area contributed by atoms with Crippen molar-refractivity contribution >= 4 is 55.0 Å². The molecule has 10 rings (SSSR count). The number of esters is 2. The normalized spacial score (nSPS) is 25.1. The van der Waals surface area contributed by atoms with Crippen molar-refractivity contribution in [2.24, 2.45) is 0 Å². The van der Waals surface area contributed by atoms with Crippen LogP contribution in [0.15, 0.2) is 97.1 Å². The van der Waals surface area contributed by atoms with Crippen LogP contribution in [0.3, 0.4) is 0 Å². The molecule has 6 aromatic rings. The van der Waals surface area contributed by atoms with Crippen molar-refractivity contribution in [3.63, 3.8) is 0 Å². The largest absolute Gasteiger partial charge is 0.494 e. The van der Waals surface area contributed by atoms with E-state index in [9.17, 15) is 9.59 Å². The van der Waals surface area contributed by atoms with Crippen molar-refractivity contribution in [1.82, 2.24) is 30.4 Å². The number of carbonyl (C=O) groups is 2. The molecule has 12 nitrogen and oxygen atoms in total. The number of fused-ring (bicyclic) bond motifs is 6. The molecule has 4 saturated heterocycles. The first-order valence-corrected chi connectivity index (χ1v) is 25.4. The Hall–Kier alpha value is -4.96. The maximum Gasteiger partial charge on any atom is 0.419 e. The number of benzene rings is 4. The first-order chi connectivity index (χ1) is 32.2. The third-order valence-electron chi connectivity index (χ3n) is 14.0. The molecule has 2 N–H and O–H groups in total. The standard InChI is InChI=1S/C52H60N6O6S2/c1-35-11-7-13-41(27-35)61-25-9-23-57-39-19-21-51(57,31-37(29-39)53-33-47-55-43-15-3-5-17-45(43)65-47)63-49(59)50(60)64-52-22-20-40(58(52)24-10-26-62-42-14-8-12-36(2)28-42)30-38(32-52)54-34-48-56-44-16-4-6-18-46(44)66-48/h3-8,11-18,27-28,37-40,53-54H,9-10,19-26,29-34H2,1-2H3. The summed E-state index contributed by atoms with van der Waals surface area (Å²) < 4.78 is 27.8. The van der Waals surface area contributed by atoms with E-state index in [1.54, 1.807) is 22.7 Å². The van der Waals surface area contributed by atoms with E-state index in [0.717, 1.165) is 91.6 Å². The number of hydrogen-bond acceptors (Lipinski definition) is 14. The number of aromatic nitrogens is 2. The van der Waals surface area contributed by atoms with E-state index in [4.69, 9.17) is 28.9 Å². The van der Waals surface area contributed by atoms with Gasteiger partial charge in [-0.2, -0.15) is 0 Å². The fraction of sp³-hybridized carbons (Fsp3) is 0.462. The molecule has 4 aliphatic heterocycles. The zero-order chi connectivity index (χ0) is 45.1. The van der Waals surface area contributed by atoms with Crippen LogP contribution in [0.5, 0.6) is 11.5 Å². The molecule has 6 heterocycles. The highest BCUT2D eigenvalue weighted by Crippen LogP contribution is 2.47. The number of ether oxygens (including phenoxy) is 4. The van der Waals surface area contributed by atoms with E-state index in [1.165, 1.54) is 0 Å². The van der Waals surface area contributed by atoms with Crippen LogP contribution < -0.4 is 20.1 Å². The molecule has 4 bridgehead atoms. The Kier molecular flexibility index (Phi) is 13.4. The van der Waals surface area contributed by atoms with Crippen LogP contribution in [0, 0.1) is 13.8 Å². The molecule has 6 atom stereocenters. The van der Waals surface area contributed by atoms with E-state index in [2.05, 4.69) is 58.5 Å². The molecule has 66 heavy (non-hydrogen) atoms. The summed E-state index contributed by atoms with van der Waals surface area (Å²) in [4.78, 5) is 43.2. The van der Waals surface area contributed by atoms with Crippen molar-refractivity contribution in [3.8, 4) is 11.5 Å². The smallest absolute Gasteiger partial charge is 0.419 e. The molecule has 0 spiro atoms. The Bertz CT molecular complexity index is 2410. The van der Waals surface area contributed by atoms with Gasteiger partial charge in [0.1, 0.15) is 21.5 Å². The molecule has 2 aromatic heterocycles. The Balaban J connectivity index is 0.839. The molecule has 4 aliphatic rings. The highest BCUT2D eigenvalue weighted by Gasteiger charge is 2.57. The van der Waals surface area contributed by atoms with Crippen LogP contribution in [0.2, 0.25) is 0 Å². The summed E-state index contributed by atoms with van der Waals surface area (Å²) in [6.45, 7) is 7.77. The summed E-state index contributed by atoms with van der Waals surface area (Å²) in [6, 6.07) is 33.1. The quantitative estimate of drug-likeness (QED) is 0.0485. The minimum atomic E-state index is -0.954. The number of thiazole rings is 2. The van der Waals surface area contributed by atoms with Gasteiger partial charge in [0.05, 0.1) is 33.6 Å². The lowest BCUT2D eigenvalue weighted by atomic mass is 9.93. The van der Waals surface area contributed by atoms with Gasteiger partial charge in [0.15, 0.2) is 11.4 Å². The average Bonchev–Trinajstić information content (AvgIpc) is 4.03. The SMILES string of the molecule is Cc1cccc(OCCCN2C3CCC2(OC(=O)C(=O)OC24CCC(CC(NCc5nc6ccccc6s5)C2)N4CCCOc2cccc(C)c2)CC(NCc2nc4ccccc4s2)C3)c1. The van der Waals surface area contributed by atoms with Crippen molar-refractivity contribution in [2.45, 2.75) is 127 Å². The molecule has 0 radical (unpaired) electrons.